The van der Waals surface area contributed by atoms with E-state index in [-0.39, 0.29) is 6.42 Å². The minimum absolute atomic E-state index is 0.157. The minimum Gasteiger partial charge on any atom is -0.496 e. The number of benzene rings is 1. The van der Waals surface area contributed by atoms with Gasteiger partial charge in [0.1, 0.15) is 5.75 Å². The van der Waals surface area contributed by atoms with Crippen molar-refractivity contribution in [2.24, 2.45) is 0 Å². The number of aliphatic carboxylic acids is 1. The van der Waals surface area contributed by atoms with Crippen molar-refractivity contribution >= 4 is 11.5 Å². The van der Waals surface area contributed by atoms with E-state index in [1.165, 1.54) is 11.1 Å². The maximum atomic E-state index is 10.5. The molecule has 0 aliphatic rings. The SMILES string of the molecule is COc1cc(C)c(C)cc1/C(C)=C/CCC(=O)O. The highest BCUT2D eigenvalue weighted by atomic mass is 16.5. The van der Waals surface area contributed by atoms with E-state index in [1.807, 2.05) is 26.0 Å². The van der Waals surface area contributed by atoms with Crippen LogP contribution in [0.2, 0.25) is 0 Å². The summed E-state index contributed by atoms with van der Waals surface area (Å²) in [7, 11) is 1.65. The highest BCUT2D eigenvalue weighted by Crippen LogP contribution is 2.29. The molecule has 0 spiro atoms. The van der Waals surface area contributed by atoms with Crippen molar-refractivity contribution < 1.29 is 14.6 Å². The van der Waals surface area contributed by atoms with Crippen molar-refractivity contribution in [1.82, 2.24) is 0 Å². The molecule has 3 heteroatoms. The minimum atomic E-state index is -0.772. The monoisotopic (exact) mass is 248 g/mol. The Bertz CT molecular complexity index is 473. The normalized spacial score (nSPS) is 11.4. The molecule has 0 heterocycles. The lowest BCUT2D eigenvalue weighted by Gasteiger charge is -2.12. The van der Waals surface area contributed by atoms with Crippen molar-refractivity contribution in [3.63, 3.8) is 0 Å². The Labute approximate surface area is 108 Å². The molecular formula is C15H20O3. The summed E-state index contributed by atoms with van der Waals surface area (Å²) in [4.78, 5) is 10.5. The summed E-state index contributed by atoms with van der Waals surface area (Å²) in [6.45, 7) is 6.09. The lowest BCUT2D eigenvalue weighted by atomic mass is 9.99. The summed E-state index contributed by atoms with van der Waals surface area (Å²) in [5.41, 5.74) is 4.48. The fourth-order valence-electron chi connectivity index (χ4n) is 1.79. The Morgan fingerprint density at radius 1 is 1.33 bits per heavy atom. The van der Waals surface area contributed by atoms with Crippen LogP contribution in [0, 0.1) is 13.8 Å². The van der Waals surface area contributed by atoms with Gasteiger partial charge in [0, 0.05) is 12.0 Å². The zero-order valence-electron chi connectivity index (χ0n) is 11.4. The standard InChI is InChI=1S/C15H20O3/c1-10(6-5-7-15(16)17)13-8-11(2)12(3)9-14(13)18-4/h6,8-9H,5,7H2,1-4H3,(H,16,17)/b10-6+. The molecule has 98 valence electrons. The van der Waals surface area contributed by atoms with E-state index in [2.05, 4.69) is 13.0 Å². The van der Waals surface area contributed by atoms with Crippen molar-refractivity contribution in [2.45, 2.75) is 33.6 Å². The van der Waals surface area contributed by atoms with Crippen LogP contribution >= 0.6 is 0 Å². The highest BCUT2D eigenvalue weighted by molar-refractivity contribution is 5.71. The second-order valence-electron chi connectivity index (χ2n) is 4.46. The van der Waals surface area contributed by atoms with E-state index in [0.717, 1.165) is 16.9 Å². The molecule has 0 bridgehead atoms. The van der Waals surface area contributed by atoms with Crippen LogP contribution in [0.3, 0.4) is 0 Å². The third kappa shape index (κ3) is 3.62. The van der Waals surface area contributed by atoms with Crippen LogP contribution in [-0.4, -0.2) is 18.2 Å². The van der Waals surface area contributed by atoms with Gasteiger partial charge in [0.05, 0.1) is 7.11 Å². The van der Waals surface area contributed by atoms with Gasteiger partial charge in [0.25, 0.3) is 0 Å². The van der Waals surface area contributed by atoms with Crippen molar-refractivity contribution in [2.75, 3.05) is 7.11 Å². The molecule has 1 N–H and O–H groups in total. The van der Waals surface area contributed by atoms with Crippen LogP contribution in [0.5, 0.6) is 5.75 Å². The molecule has 0 aliphatic carbocycles. The second-order valence-corrected chi connectivity index (χ2v) is 4.46. The number of ether oxygens (including phenoxy) is 1. The molecule has 3 nitrogen and oxygen atoms in total. The van der Waals surface area contributed by atoms with Gasteiger partial charge in [-0.15, -0.1) is 0 Å². The number of aryl methyl sites for hydroxylation is 2. The molecule has 0 saturated heterocycles. The predicted molar refractivity (Wildman–Crippen MR) is 73.0 cm³/mol. The first kappa shape index (κ1) is 14.3. The molecule has 0 fully saturated rings. The third-order valence-corrected chi connectivity index (χ3v) is 3.05. The number of allylic oxidation sites excluding steroid dienone is 2. The number of carbonyl (C=O) groups is 1. The number of hydrogen-bond acceptors (Lipinski definition) is 2. The first-order chi connectivity index (χ1) is 8.45. The maximum Gasteiger partial charge on any atom is 0.303 e. The average molecular weight is 248 g/mol. The van der Waals surface area contributed by atoms with Gasteiger partial charge in [-0.2, -0.15) is 0 Å². The van der Waals surface area contributed by atoms with E-state index < -0.39 is 5.97 Å². The molecule has 0 unspecified atom stereocenters. The average Bonchev–Trinajstić information content (AvgIpc) is 2.31. The summed E-state index contributed by atoms with van der Waals surface area (Å²) in [5.74, 6) is 0.0632. The van der Waals surface area contributed by atoms with E-state index >= 15 is 0 Å². The Kier molecular flexibility index (Phi) is 4.95. The number of carboxylic acids is 1. The smallest absolute Gasteiger partial charge is 0.303 e. The van der Waals surface area contributed by atoms with Crippen LogP contribution in [0.1, 0.15) is 36.5 Å². The van der Waals surface area contributed by atoms with Crippen LogP contribution in [-0.2, 0) is 4.79 Å². The topological polar surface area (TPSA) is 46.5 Å². The van der Waals surface area contributed by atoms with E-state index in [0.29, 0.717) is 6.42 Å². The molecule has 0 radical (unpaired) electrons. The quantitative estimate of drug-likeness (QED) is 0.866. The van der Waals surface area contributed by atoms with Gasteiger partial charge >= 0.3 is 5.97 Å². The van der Waals surface area contributed by atoms with Gasteiger partial charge in [-0.1, -0.05) is 6.08 Å². The van der Waals surface area contributed by atoms with E-state index in [1.54, 1.807) is 7.11 Å². The number of hydrogen-bond donors (Lipinski definition) is 1. The van der Waals surface area contributed by atoms with Crippen LogP contribution < -0.4 is 4.74 Å². The lowest BCUT2D eigenvalue weighted by molar-refractivity contribution is -0.136. The van der Waals surface area contributed by atoms with Crippen molar-refractivity contribution in [1.29, 1.82) is 0 Å². The van der Waals surface area contributed by atoms with Crippen LogP contribution in [0.25, 0.3) is 5.57 Å². The zero-order chi connectivity index (χ0) is 13.7. The Balaban J connectivity index is 3.00. The lowest BCUT2D eigenvalue weighted by Crippen LogP contribution is -1.95. The van der Waals surface area contributed by atoms with E-state index in [9.17, 15) is 4.79 Å². The largest absolute Gasteiger partial charge is 0.496 e. The third-order valence-electron chi connectivity index (χ3n) is 3.05. The van der Waals surface area contributed by atoms with Gasteiger partial charge < -0.3 is 9.84 Å². The number of rotatable bonds is 5. The van der Waals surface area contributed by atoms with E-state index in [4.69, 9.17) is 9.84 Å². The Morgan fingerprint density at radius 2 is 1.94 bits per heavy atom. The number of carboxylic acid groups (broad SMARTS) is 1. The predicted octanol–water partition coefficient (Wildman–Crippen LogP) is 3.58. The molecule has 0 atom stereocenters. The summed E-state index contributed by atoms with van der Waals surface area (Å²) in [6, 6.07) is 4.10. The molecule has 0 saturated carbocycles. The Morgan fingerprint density at radius 3 is 2.50 bits per heavy atom. The molecule has 1 aromatic rings. The van der Waals surface area contributed by atoms with Crippen LogP contribution in [0.15, 0.2) is 18.2 Å². The zero-order valence-corrected chi connectivity index (χ0v) is 11.4. The molecule has 1 rings (SSSR count). The van der Waals surface area contributed by atoms with Crippen molar-refractivity contribution in [3.8, 4) is 5.75 Å². The molecule has 0 amide bonds. The second kappa shape index (κ2) is 6.24. The maximum absolute atomic E-state index is 10.5. The Hall–Kier alpha value is -1.77. The van der Waals surface area contributed by atoms with Gasteiger partial charge in [-0.25, -0.2) is 0 Å². The molecule has 0 aliphatic heterocycles. The molecular weight excluding hydrogens is 228 g/mol. The van der Waals surface area contributed by atoms with Gasteiger partial charge in [-0.05, 0) is 56.0 Å². The van der Waals surface area contributed by atoms with Gasteiger partial charge in [0.15, 0.2) is 0 Å². The van der Waals surface area contributed by atoms with Crippen LogP contribution in [0.4, 0.5) is 0 Å². The fourth-order valence-corrected chi connectivity index (χ4v) is 1.79. The highest BCUT2D eigenvalue weighted by Gasteiger charge is 2.07. The summed E-state index contributed by atoms with van der Waals surface area (Å²) < 4.78 is 5.37. The van der Waals surface area contributed by atoms with Crippen molar-refractivity contribution in [3.05, 3.63) is 34.9 Å². The van der Waals surface area contributed by atoms with Gasteiger partial charge in [-0.3, -0.25) is 4.79 Å². The summed E-state index contributed by atoms with van der Waals surface area (Å²) in [6.07, 6.45) is 2.64. The first-order valence-electron chi connectivity index (χ1n) is 6.00. The summed E-state index contributed by atoms with van der Waals surface area (Å²) in [5, 5.41) is 8.62. The first-order valence-corrected chi connectivity index (χ1v) is 6.00. The molecule has 1 aromatic carbocycles. The molecule has 0 aromatic heterocycles. The molecule has 18 heavy (non-hydrogen) atoms. The van der Waals surface area contributed by atoms with Gasteiger partial charge in [0.2, 0.25) is 0 Å². The number of methoxy groups -OCH3 is 1. The fraction of sp³-hybridized carbons (Fsp3) is 0.400. The summed E-state index contributed by atoms with van der Waals surface area (Å²) >= 11 is 0.